The highest BCUT2D eigenvalue weighted by Crippen LogP contribution is 2.26. The van der Waals surface area contributed by atoms with Crippen LogP contribution in [-0.2, 0) is 0 Å². The number of benzene rings is 2. The summed E-state index contributed by atoms with van der Waals surface area (Å²) in [5, 5.41) is 18.4. The highest BCUT2D eigenvalue weighted by molar-refractivity contribution is 6.31. The number of nitrogens with zero attached hydrogens (tertiary/aromatic N) is 4. The first-order valence-corrected chi connectivity index (χ1v) is 7.55. The van der Waals surface area contributed by atoms with E-state index in [1.165, 1.54) is 35.5 Å². The Labute approximate surface area is 147 Å². The van der Waals surface area contributed by atoms with E-state index in [-0.39, 0.29) is 16.9 Å². The normalized spacial score (nSPS) is 10.5. The molecule has 3 rings (SSSR count). The van der Waals surface area contributed by atoms with Crippen LogP contribution in [0.5, 0.6) is 0 Å². The molecule has 9 heteroatoms. The smallest absolute Gasteiger partial charge is 0.295 e. The zero-order valence-electron chi connectivity index (χ0n) is 13.0. The molecule has 0 spiro atoms. The first kappa shape index (κ1) is 16.6. The molecule has 0 aliphatic carbocycles. The predicted molar refractivity (Wildman–Crippen MR) is 92.2 cm³/mol. The summed E-state index contributed by atoms with van der Waals surface area (Å²) in [7, 11) is 0. The van der Waals surface area contributed by atoms with Crippen LogP contribution >= 0.6 is 11.6 Å². The van der Waals surface area contributed by atoms with Gasteiger partial charge in [0.15, 0.2) is 0 Å². The molecular formula is C16H12ClN5O3. The van der Waals surface area contributed by atoms with Gasteiger partial charge in [-0.3, -0.25) is 14.9 Å². The van der Waals surface area contributed by atoms with E-state index in [0.717, 1.165) is 0 Å². The van der Waals surface area contributed by atoms with Crippen LogP contribution in [0.4, 0.5) is 11.4 Å². The summed E-state index contributed by atoms with van der Waals surface area (Å²) in [6.07, 6.45) is 2.61. The Morgan fingerprint density at radius 1 is 1.32 bits per heavy atom. The van der Waals surface area contributed by atoms with Gasteiger partial charge in [-0.15, -0.1) is 0 Å². The van der Waals surface area contributed by atoms with Gasteiger partial charge in [-0.25, -0.2) is 9.67 Å². The Morgan fingerprint density at radius 2 is 2.12 bits per heavy atom. The van der Waals surface area contributed by atoms with Crippen molar-refractivity contribution in [1.82, 2.24) is 14.8 Å². The number of nitro groups is 1. The van der Waals surface area contributed by atoms with Crippen LogP contribution in [0.1, 0.15) is 15.9 Å². The lowest BCUT2D eigenvalue weighted by atomic mass is 10.1. The Bertz CT molecular complexity index is 956. The van der Waals surface area contributed by atoms with Crippen LogP contribution in [-0.4, -0.2) is 25.6 Å². The summed E-state index contributed by atoms with van der Waals surface area (Å²) in [6.45, 7) is 1.77. The SMILES string of the molecule is Cc1c(Cl)cccc1NC(=O)c1ccc(-n2cncn2)c([N+](=O)[O-])c1. The molecule has 0 radical (unpaired) electrons. The minimum atomic E-state index is -0.571. The molecule has 0 saturated carbocycles. The monoisotopic (exact) mass is 357 g/mol. The highest BCUT2D eigenvalue weighted by Gasteiger charge is 2.20. The van der Waals surface area contributed by atoms with Crippen molar-refractivity contribution in [3.05, 3.63) is 75.3 Å². The van der Waals surface area contributed by atoms with E-state index >= 15 is 0 Å². The van der Waals surface area contributed by atoms with Crippen molar-refractivity contribution in [2.24, 2.45) is 0 Å². The molecule has 3 aromatic rings. The summed E-state index contributed by atoms with van der Waals surface area (Å²) < 4.78 is 1.26. The number of carbonyl (C=O) groups excluding carboxylic acids is 1. The lowest BCUT2D eigenvalue weighted by Gasteiger charge is -2.10. The van der Waals surface area contributed by atoms with E-state index in [1.807, 2.05) is 0 Å². The fraction of sp³-hybridized carbons (Fsp3) is 0.0625. The van der Waals surface area contributed by atoms with Gasteiger partial charge < -0.3 is 5.32 Å². The van der Waals surface area contributed by atoms with E-state index in [0.29, 0.717) is 16.3 Å². The summed E-state index contributed by atoms with van der Waals surface area (Å²) >= 11 is 6.03. The van der Waals surface area contributed by atoms with E-state index in [2.05, 4.69) is 15.4 Å². The van der Waals surface area contributed by atoms with Gasteiger partial charge in [0.1, 0.15) is 18.3 Å². The number of anilines is 1. The number of nitrogens with one attached hydrogen (secondary N) is 1. The molecule has 0 fully saturated rings. The fourth-order valence-electron chi connectivity index (χ4n) is 2.27. The average molecular weight is 358 g/mol. The molecule has 0 atom stereocenters. The molecule has 0 saturated heterocycles. The Morgan fingerprint density at radius 3 is 2.80 bits per heavy atom. The number of amides is 1. The topological polar surface area (TPSA) is 103 Å². The molecular weight excluding hydrogens is 346 g/mol. The lowest BCUT2D eigenvalue weighted by molar-refractivity contribution is -0.384. The van der Waals surface area contributed by atoms with Crippen molar-refractivity contribution in [1.29, 1.82) is 0 Å². The molecule has 0 aliphatic heterocycles. The van der Waals surface area contributed by atoms with Crippen LogP contribution in [0.2, 0.25) is 5.02 Å². The number of hydrogen-bond donors (Lipinski definition) is 1. The van der Waals surface area contributed by atoms with Crippen molar-refractivity contribution >= 4 is 28.9 Å². The molecule has 0 aliphatic rings. The zero-order chi connectivity index (χ0) is 18.0. The second-order valence-electron chi connectivity index (χ2n) is 5.17. The second kappa shape index (κ2) is 6.70. The van der Waals surface area contributed by atoms with E-state index in [4.69, 9.17) is 11.6 Å². The minimum absolute atomic E-state index is 0.148. The minimum Gasteiger partial charge on any atom is -0.322 e. The first-order valence-electron chi connectivity index (χ1n) is 7.17. The second-order valence-corrected chi connectivity index (χ2v) is 5.57. The maximum atomic E-state index is 12.4. The van der Waals surface area contributed by atoms with Gasteiger partial charge in [0.2, 0.25) is 0 Å². The van der Waals surface area contributed by atoms with Gasteiger partial charge in [0, 0.05) is 22.3 Å². The summed E-state index contributed by atoms with van der Waals surface area (Å²) in [6, 6.07) is 9.26. The van der Waals surface area contributed by atoms with Crippen LogP contribution in [0.3, 0.4) is 0 Å². The van der Waals surface area contributed by atoms with Gasteiger partial charge in [-0.05, 0) is 36.8 Å². The predicted octanol–water partition coefficient (Wildman–Crippen LogP) is 3.39. The lowest BCUT2D eigenvalue weighted by Crippen LogP contribution is -2.13. The molecule has 1 heterocycles. The van der Waals surface area contributed by atoms with Crippen LogP contribution in [0, 0.1) is 17.0 Å². The van der Waals surface area contributed by atoms with Crippen molar-refractivity contribution in [3.8, 4) is 5.69 Å². The molecule has 1 amide bonds. The number of nitro benzene ring substituents is 1. The summed E-state index contributed by atoms with van der Waals surface area (Å²) in [5.74, 6) is -0.474. The molecule has 1 aromatic heterocycles. The van der Waals surface area contributed by atoms with E-state index < -0.39 is 10.8 Å². The summed E-state index contributed by atoms with van der Waals surface area (Å²) in [4.78, 5) is 27.0. The van der Waals surface area contributed by atoms with Crippen LogP contribution in [0.15, 0.2) is 49.1 Å². The maximum absolute atomic E-state index is 12.4. The maximum Gasteiger partial charge on any atom is 0.295 e. The van der Waals surface area contributed by atoms with Crippen molar-refractivity contribution < 1.29 is 9.72 Å². The van der Waals surface area contributed by atoms with Crippen LogP contribution in [0.25, 0.3) is 5.69 Å². The number of carbonyl (C=O) groups is 1. The first-order chi connectivity index (χ1) is 12.0. The third-order valence-corrected chi connectivity index (χ3v) is 4.03. The third kappa shape index (κ3) is 3.33. The van der Waals surface area contributed by atoms with E-state index in [9.17, 15) is 14.9 Å². The number of aromatic nitrogens is 3. The molecule has 25 heavy (non-hydrogen) atoms. The van der Waals surface area contributed by atoms with Gasteiger partial charge >= 0.3 is 0 Å². The number of rotatable bonds is 4. The van der Waals surface area contributed by atoms with Gasteiger partial charge in [0.05, 0.1) is 4.92 Å². The summed E-state index contributed by atoms with van der Waals surface area (Å²) in [5.41, 5.74) is 1.38. The largest absolute Gasteiger partial charge is 0.322 e. The third-order valence-electron chi connectivity index (χ3n) is 3.62. The molecule has 1 N–H and O–H groups in total. The number of halogens is 1. The Balaban J connectivity index is 1.95. The molecule has 0 unspecified atom stereocenters. The molecule has 8 nitrogen and oxygen atoms in total. The van der Waals surface area contributed by atoms with Crippen molar-refractivity contribution in [2.75, 3.05) is 5.32 Å². The van der Waals surface area contributed by atoms with Crippen molar-refractivity contribution in [2.45, 2.75) is 6.92 Å². The van der Waals surface area contributed by atoms with Gasteiger partial charge in [-0.1, -0.05) is 17.7 Å². The standard InChI is InChI=1S/C16H12ClN5O3/c1-10-12(17)3-2-4-13(10)20-16(23)11-5-6-14(15(7-11)22(24)25)21-9-18-8-19-21/h2-9H,1H3,(H,20,23). The molecule has 126 valence electrons. The fourth-order valence-corrected chi connectivity index (χ4v) is 2.45. The average Bonchev–Trinajstić information content (AvgIpc) is 3.12. The zero-order valence-corrected chi connectivity index (χ0v) is 13.8. The van der Waals surface area contributed by atoms with Crippen molar-refractivity contribution in [3.63, 3.8) is 0 Å². The van der Waals surface area contributed by atoms with Crippen LogP contribution < -0.4 is 5.32 Å². The molecule has 2 aromatic carbocycles. The van der Waals surface area contributed by atoms with Gasteiger partial charge in [0.25, 0.3) is 11.6 Å². The van der Waals surface area contributed by atoms with E-state index in [1.54, 1.807) is 25.1 Å². The quantitative estimate of drug-likeness (QED) is 0.569. The number of hydrogen-bond acceptors (Lipinski definition) is 5. The van der Waals surface area contributed by atoms with Gasteiger partial charge in [-0.2, -0.15) is 5.10 Å². The Hall–Kier alpha value is -3.26. The Kier molecular flexibility index (Phi) is 4.44. The highest BCUT2D eigenvalue weighted by atomic mass is 35.5. The molecule has 0 bridgehead atoms.